The van der Waals surface area contributed by atoms with Gasteiger partial charge in [0.1, 0.15) is 11.1 Å². The molecule has 1 atom stereocenters. The zero-order chi connectivity index (χ0) is 19.4. The van der Waals surface area contributed by atoms with E-state index < -0.39 is 0 Å². The van der Waals surface area contributed by atoms with Crippen LogP contribution in [0, 0.1) is 6.92 Å². The number of piperazine rings is 1. The SMILES string of the molecule is CN=C(NCc1nc(C(C)C)c(C)s1)N1CCN(C(=O)C2CCCO2)CC1. The van der Waals surface area contributed by atoms with Crippen molar-refractivity contribution >= 4 is 23.2 Å². The van der Waals surface area contributed by atoms with E-state index in [2.05, 4.69) is 36.0 Å². The summed E-state index contributed by atoms with van der Waals surface area (Å²) >= 11 is 1.75. The number of amides is 1. The second-order valence-electron chi connectivity index (χ2n) is 7.42. The normalized spacial score (nSPS) is 21.2. The van der Waals surface area contributed by atoms with Gasteiger partial charge in [-0.15, -0.1) is 11.3 Å². The van der Waals surface area contributed by atoms with E-state index in [9.17, 15) is 4.79 Å². The smallest absolute Gasteiger partial charge is 0.251 e. The zero-order valence-electron chi connectivity index (χ0n) is 16.8. The minimum Gasteiger partial charge on any atom is -0.368 e. The lowest BCUT2D eigenvalue weighted by atomic mass is 10.1. The predicted molar refractivity (Wildman–Crippen MR) is 108 cm³/mol. The van der Waals surface area contributed by atoms with E-state index in [1.54, 1.807) is 18.4 Å². The number of carbonyl (C=O) groups is 1. The molecule has 0 saturated carbocycles. The van der Waals surface area contributed by atoms with Crippen molar-refractivity contribution in [1.82, 2.24) is 20.1 Å². The average molecular weight is 394 g/mol. The topological polar surface area (TPSA) is 70.1 Å². The third kappa shape index (κ3) is 4.79. The van der Waals surface area contributed by atoms with Gasteiger partial charge in [0.25, 0.3) is 5.91 Å². The number of nitrogens with one attached hydrogen (secondary N) is 1. The Morgan fingerprint density at radius 3 is 2.59 bits per heavy atom. The summed E-state index contributed by atoms with van der Waals surface area (Å²) in [6.45, 7) is 10.9. The summed E-state index contributed by atoms with van der Waals surface area (Å²) in [5.41, 5.74) is 1.19. The standard InChI is InChI=1S/C19H31N5O2S/c1-13(2)17-14(3)27-16(22-17)12-21-19(20-4)24-9-7-23(8-10-24)18(25)15-6-5-11-26-15/h13,15H,5-12H2,1-4H3,(H,20,21). The minimum absolute atomic E-state index is 0.148. The van der Waals surface area contributed by atoms with Crippen molar-refractivity contribution in [2.45, 2.75) is 52.2 Å². The van der Waals surface area contributed by atoms with Crippen molar-refractivity contribution < 1.29 is 9.53 Å². The molecule has 2 aliphatic heterocycles. The van der Waals surface area contributed by atoms with Gasteiger partial charge in [-0.3, -0.25) is 9.79 Å². The summed E-state index contributed by atoms with van der Waals surface area (Å²) in [4.78, 5) is 27.1. The lowest BCUT2D eigenvalue weighted by Crippen LogP contribution is -2.55. The maximum Gasteiger partial charge on any atom is 0.251 e. The summed E-state index contributed by atoms with van der Waals surface area (Å²) in [6, 6.07) is 0. The number of hydrogen-bond donors (Lipinski definition) is 1. The Labute approximate surface area is 165 Å². The number of guanidine groups is 1. The van der Waals surface area contributed by atoms with E-state index >= 15 is 0 Å². The van der Waals surface area contributed by atoms with Crippen LogP contribution in [0.4, 0.5) is 0 Å². The fourth-order valence-electron chi connectivity index (χ4n) is 3.68. The molecule has 0 aliphatic carbocycles. The summed E-state index contributed by atoms with van der Waals surface area (Å²) in [7, 11) is 1.80. The van der Waals surface area contributed by atoms with Crippen molar-refractivity contribution in [3.05, 3.63) is 15.6 Å². The fourth-order valence-corrected chi connectivity index (χ4v) is 4.71. The molecule has 1 N–H and O–H groups in total. The zero-order valence-corrected chi connectivity index (χ0v) is 17.6. The van der Waals surface area contributed by atoms with E-state index in [0.29, 0.717) is 32.2 Å². The first-order valence-corrected chi connectivity index (χ1v) is 10.6. The molecule has 8 heteroatoms. The maximum absolute atomic E-state index is 12.5. The van der Waals surface area contributed by atoms with Crippen LogP contribution in [0.15, 0.2) is 4.99 Å². The molecular weight excluding hydrogens is 362 g/mol. The third-order valence-electron chi connectivity index (χ3n) is 5.13. The molecule has 3 heterocycles. The number of aliphatic imine (C=N–C) groups is 1. The van der Waals surface area contributed by atoms with Crippen molar-refractivity contribution in [2.75, 3.05) is 39.8 Å². The Balaban J connectivity index is 1.50. The van der Waals surface area contributed by atoms with Gasteiger partial charge in [-0.25, -0.2) is 4.98 Å². The van der Waals surface area contributed by atoms with Crippen LogP contribution in [0.2, 0.25) is 0 Å². The summed E-state index contributed by atoms with van der Waals surface area (Å²) < 4.78 is 5.53. The van der Waals surface area contributed by atoms with Gasteiger partial charge in [-0.2, -0.15) is 0 Å². The average Bonchev–Trinajstić information content (AvgIpc) is 3.32. The molecule has 1 unspecified atom stereocenters. The molecule has 27 heavy (non-hydrogen) atoms. The van der Waals surface area contributed by atoms with E-state index in [1.807, 2.05) is 4.90 Å². The Kier molecular flexibility index (Phi) is 6.70. The van der Waals surface area contributed by atoms with Crippen LogP contribution >= 0.6 is 11.3 Å². The Morgan fingerprint density at radius 1 is 1.33 bits per heavy atom. The number of ether oxygens (including phenoxy) is 1. The van der Waals surface area contributed by atoms with Crippen LogP contribution in [0.3, 0.4) is 0 Å². The summed E-state index contributed by atoms with van der Waals surface area (Å²) in [6.07, 6.45) is 1.62. The first kappa shape index (κ1) is 20.1. The van der Waals surface area contributed by atoms with Crippen LogP contribution in [-0.2, 0) is 16.1 Å². The molecular formula is C19H31N5O2S. The van der Waals surface area contributed by atoms with Gasteiger partial charge >= 0.3 is 0 Å². The molecule has 7 nitrogen and oxygen atoms in total. The highest BCUT2D eigenvalue weighted by atomic mass is 32.1. The molecule has 150 valence electrons. The van der Waals surface area contributed by atoms with Crippen LogP contribution < -0.4 is 5.32 Å². The number of nitrogens with zero attached hydrogens (tertiary/aromatic N) is 4. The molecule has 1 amide bonds. The number of aryl methyl sites for hydroxylation is 1. The van der Waals surface area contributed by atoms with Gasteiger partial charge in [0.05, 0.1) is 12.2 Å². The highest BCUT2D eigenvalue weighted by molar-refractivity contribution is 7.11. The quantitative estimate of drug-likeness (QED) is 0.626. The number of rotatable bonds is 4. The van der Waals surface area contributed by atoms with Crippen LogP contribution in [0.1, 0.15) is 48.2 Å². The number of hydrogen-bond acceptors (Lipinski definition) is 5. The lowest BCUT2D eigenvalue weighted by molar-refractivity contribution is -0.142. The fraction of sp³-hybridized carbons (Fsp3) is 0.737. The first-order chi connectivity index (χ1) is 13.0. The van der Waals surface area contributed by atoms with Crippen molar-refractivity contribution in [1.29, 1.82) is 0 Å². The molecule has 0 bridgehead atoms. The highest BCUT2D eigenvalue weighted by Crippen LogP contribution is 2.24. The van der Waals surface area contributed by atoms with Gasteiger partial charge in [0.15, 0.2) is 5.96 Å². The number of thiazole rings is 1. The van der Waals surface area contributed by atoms with Gasteiger partial charge in [0, 0.05) is 44.7 Å². The predicted octanol–water partition coefficient (Wildman–Crippen LogP) is 1.97. The Hall–Kier alpha value is -1.67. The van der Waals surface area contributed by atoms with Crippen molar-refractivity contribution in [3.63, 3.8) is 0 Å². The second-order valence-corrected chi connectivity index (χ2v) is 8.71. The monoisotopic (exact) mass is 393 g/mol. The largest absolute Gasteiger partial charge is 0.368 e. The van der Waals surface area contributed by atoms with E-state index in [-0.39, 0.29) is 12.0 Å². The molecule has 3 rings (SSSR count). The van der Waals surface area contributed by atoms with Crippen LogP contribution in [-0.4, -0.2) is 72.6 Å². The molecule has 1 aromatic heterocycles. The van der Waals surface area contributed by atoms with E-state index in [0.717, 1.165) is 36.9 Å². The van der Waals surface area contributed by atoms with Gasteiger partial charge in [-0.05, 0) is 25.7 Å². The molecule has 0 aromatic carbocycles. The minimum atomic E-state index is -0.225. The lowest BCUT2D eigenvalue weighted by Gasteiger charge is -2.37. The number of aromatic nitrogens is 1. The van der Waals surface area contributed by atoms with Crippen LogP contribution in [0.25, 0.3) is 0 Å². The summed E-state index contributed by atoms with van der Waals surface area (Å²) in [5, 5.41) is 4.52. The van der Waals surface area contributed by atoms with E-state index in [1.165, 1.54) is 10.6 Å². The summed E-state index contributed by atoms with van der Waals surface area (Å²) in [5.74, 6) is 1.47. The highest BCUT2D eigenvalue weighted by Gasteiger charge is 2.30. The van der Waals surface area contributed by atoms with Crippen molar-refractivity contribution in [3.8, 4) is 0 Å². The van der Waals surface area contributed by atoms with Gasteiger partial charge in [0.2, 0.25) is 0 Å². The Morgan fingerprint density at radius 2 is 2.04 bits per heavy atom. The molecule has 0 spiro atoms. The molecule has 2 fully saturated rings. The first-order valence-electron chi connectivity index (χ1n) is 9.81. The maximum atomic E-state index is 12.5. The van der Waals surface area contributed by atoms with Crippen molar-refractivity contribution in [2.24, 2.45) is 4.99 Å². The molecule has 2 saturated heterocycles. The molecule has 1 aromatic rings. The number of carbonyl (C=O) groups excluding carboxylic acids is 1. The van der Waals surface area contributed by atoms with Crippen LogP contribution in [0.5, 0.6) is 0 Å². The van der Waals surface area contributed by atoms with Gasteiger partial charge < -0.3 is 19.9 Å². The Bertz CT molecular complexity index is 674. The molecule has 2 aliphatic rings. The van der Waals surface area contributed by atoms with Gasteiger partial charge in [-0.1, -0.05) is 13.8 Å². The molecule has 0 radical (unpaired) electrons. The second kappa shape index (κ2) is 9.01. The van der Waals surface area contributed by atoms with E-state index in [4.69, 9.17) is 9.72 Å². The third-order valence-corrected chi connectivity index (χ3v) is 6.12.